The Labute approximate surface area is 112 Å². The number of amides is 1. The van der Waals surface area contributed by atoms with Crippen molar-refractivity contribution in [3.05, 3.63) is 11.8 Å². The topological polar surface area (TPSA) is 48.0 Å². The molecular weight excluding hydrogens is 252 g/mol. The third-order valence-corrected chi connectivity index (χ3v) is 3.84. The van der Waals surface area contributed by atoms with Gasteiger partial charge in [0.05, 0.1) is 17.7 Å². The number of halogens is 1. The van der Waals surface area contributed by atoms with Gasteiger partial charge in [-0.2, -0.15) is 0 Å². The maximum Gasteiger partial charge on any atom is 0.525 e. The van der Waals surface area contributed by atoms with E-state index in [0.717, 1.165) is 0 Å². The van der Waals surface area contributed by atoms with Crippen LogP contribution in [0.4, 0.5) is 9.18 Å². The standard InChI is InChI=1S/C12H19BFNO4/c1-11(2)12(3,4)19-13(18-11)9(14)6-8-7-15(5)10(16)17-8/h6,8H,7H2,1-5H3. The Hall–Kier alpha value is -1.08. The van der Waals surface area contributed by atoms with E-state index in [-0.39, 0.29) is 0 Å². The monoisotopic (exact) mass is 271 g/mol. The van der Waals surface area contributed by atoms with Crippen LogP contribution in [-0.4, -0.2) is 49.0 Å². The number of ether oxygens (including phenoxy) is 1. The number of hydrogen-bond acceptors (Lipinski definition) is 4. The molecule has 0 N–H and O–H groups in total. The predicted molar refractivity (Wildman–Crippen MR) is 68.2 cm³/mol. The zero-order valence-corrected chi connectivity index (χ0v) is 11.9. The first-order chi connectivity index (χ1) is 8.62. The number of cyclic esters (lactones) is 1. The van der Waals surface area contributed by atoms with Gasteiger partial charge in [-0.1, -0.05) is 0 Å². The summed E-state index contributed by atoms with van der Waals surface area (Å²) >= 11 is 0. The molecule has 0 spiro atoms. The molecule has 2 aliphatic rings. The first-order valence-corrected chi connectivity index (χ1v) is 6.27. The van der Waals surface area contributed by atoms with Crippen molar-refractivity contribution in [1.29, 1.82) is 0 Å². The molecule has 2 saturated heterocycles. The number of carbonyl (C=O) groups is 1. The van der Waals surface area contributed by atoms with E-state index in [1.165, 1.54) is 11.0 Å². The molecule has 7 heteroatoms. The second-order valence-corrected chi connectivity index (χ2v) is 5.94. The summed E-state index contributed by atoms with van der Waals surface area (Å²) in [4.78, 5) is 12.6. The molecule has 2 fully saturated rings. The molecule has 2 aliphatic heterocycles. The maximum absolute atomic E-state index is 14.1. The molecule has 0 aromatic heterocycles. The summed E-state index contributed by atoms with van der Waals surface area (Å²) in [6, 6.07) is 0. The Morgan fingerprint density at radius 1 is 1.37 bits per heavy atom. The molecule has 1 atom stereocenters. The summed E-state index contributed by atoms with van der Waals surface area (Å²) in [6.45, 7) is 7.73. The van der Waals surface area contributed by atoms with Gasteiger partial charge in [0.15, 0.2) is 0 Å². The van der Waals surface area contributed by atoms with Crippen LogP contribution in [0.1, 0.15) is 27.7 Å². The second-order valence-electron chi connectivity index (χ2n) is 5.94. The lowest BCUT2D eigenvalue weighted by Crippen LogP contribution is -2.41. The SMILES string of the molecule is CN1CC(C=C(F)B2OC(C)(C)C(C)(C)O2)OC1=O. The van der Waals surface area contributed by atoms with E-state index in [4.69, 9.17) is 14.0 Å². The van der Waals surface area contributed by atoms with Crippen molar-refractivity contribution in [2.45, 2.75) is 45.0 Å². The number of hydrogen-bond donors (Lipinski definition) is 0. The van der Waals surface area contributed by atoms with Crippen LogP contribution in [-0.2, 0) is 14.0 Å². The lowest BCUT2D eigenvalue weighted by Gasteiger charge is -2.32. The first kappa shape index (κ1) is 14.3. The van der Waals surface area contributed by atoms with Crippen molar-refractivity contribution in [2.24, 2.45) is 0 Å². The molecule has 1 unspecified atom stereocenters. The molecule has 0 aromatic rings. The molecule has 0 radical (unpaired) electrons. The van der Waals surface area contributed by atoms with Crippen LogP contribution < -0.4 is 0 Å². The van der Waals surface area contributed by atoms with Gasteiger partial charge in [0, 0.05) is 7.05 Å². The molecule has 0 aromatic carbocycles. The zero-order chi connectivity index (χ0) is 14.4. The summed E-state index contributed by atoms with van der Waals surface area (Å²) in [7, 11) is 0.553. The zero-order valence-electron chi connectivity index (χ0n) is 11.9. The van der Waals surface area contributed by atoms with Crippen LogP contribution in [0.5, 0.6) is 0 Å². The molecule has 5 nitrogen and oxygen atoms in total. The molecule has 0 aliphatic carbocycles. The Bertz CT molecular complexity index is 408. The third-order valence-electron chi connectivity index (χ3n) is 3.84. The quantitative estimate of drug-likeness (QED) is 0.720. The summed E-state index contributed by atoms with van der Waals surface area (Å²) in [5.74, 6) is 0. The highest BCUT2D eigenvalue weighted by molar-refractivity contribution is 6.53. The highest BCUT2D eigenvalue weighted by Crippen LogP contribution is 2.38. The molecule has 1 amide bonds. The molecule has 106 valence electrons. The number of likely N-dealkylation sites (N-methyl/N-ethyl adjacent to an activating group) is 1. The van der Waals surface area contributed by atoms with E-state index >= 15 is 0 Å². The minimum atomic E-state index is -1.05. The Morgan fingerprint density at radius 3 is 2.32 bits per heavy atom. The van der Waals surface area contributed by atoms with Crippen molar-refractivity contribution < 1.29 is 23.2 Å². The minimum Gasteiger partial charge on any atom is -0.440 e. The Morgan fingerprint density at radius 2 is 1.89 bits per heavy atom. The summed E-state index contributed by atoms with van der Waals surface area (Å²) in [5.41, 5.74) is -1.75. The number of carbonyl (C=O) groups excluding carboxylic acids is 1. The lowest BCUT2D eigenvalue weighted by atomic mass is 9.87. The van der Waals surface area contributed by atoms with Gasteiger partial charge in [0.25, 0.3) is 0 Å². The van der Waals surface area contributed by atoms with Gasteiger partial charge in [0.1, 0.15) is 11.8 Å². The second kappa shape index (κ2) is 4.49. The maximum atomic E-state index is 14.1. The smallest absolute Gasteiger partial charge is 0.440 e. The van der Waals surface area contributed by atoms with Gasteiger partial charge in [-0.05, 0) is 33.8 Å². The molecule has 19 heavy (non-hydrogen) atoms. The van der Waals surface area contributed by atoms with Gasteiger partial charge in [-0.3, -0.25) is 0 Å². The Balaban J connectivity index is 2.06. The van der Waals surface area contributed by atoms with Crippen molar-refractivity contribution >= 4 is 13.2 Å². The number of rotatable bonds is 2. The van der Waals surface area contributed by atoms with Crippen LogP contribution in [0.3, 0.4) is 0 Å². The van der Waals surface area contributed by atoms with Crippen molar-refractivity contribution in [2.75, 3.05) is 13.6 Å². The largest absolute Gasteiger partial charge is 0.525 e. The Kier molecular flexibility index (Phi) is 3.39. The molecule has 0 saturated carbocycles. The van der Waals surface area contributed by atoms with Crippen LogP contribution in [0.2, 0.25) is 0 Å². The predicted octanol–water partition coefficient (Wildman–Crippen LogP) is 1.92. The number of nitrogens with zero attached hydrogens (tertiary/aromatic N) is 1. The summed E-state index contributed by atoms with van der Waals surface area (Å²) < 4.78 is 30.2. The van der Waals surface area contributed by atoms with Crippen LogP contribution >= 0.6 is 0 Å². The van der Waals surface area contributed by atoms with Crippen molar-refractivity contribution in [1.82, 2.24) is 4.90 Å². The summed E-state index contributed by atoms with van der Waals surface area (Å²) in [5, 5.41) is 0. The van der Waals surface area contributed by atoms with Crippen LogP contribution in [0.25, 0.3) is 0 Å². The van der Waals surface area contributed by atoms with E-state index in [1.807, 2.05) is 27.7 Å². The molecule has 0 bridgehead atoms. The molecule has 2 heterocycles. The highest BCUT2D eigenvalue weighted by atomic mass is 19.1. The third kappa shape index (κ3) is 2.62. The summed E-state index contributed by atoms with van der Waals surface area (Å²) in [6.07, 6.45) is 0.184. The normalized spacial score (nSPS) is 29.9. The molecule has 2 rings (SSSR count). The average molecular weight is 271 g/mol. The fourth-order valence-corrected chi connectivity index (χ4v) is 1.90. The van der Waals surface area contributed by atoms with Crippen LogP contribution in [0.15, 0.2) is 11.8 Å². The molecular formula is C12H19BFNO4. The highest BCUT2D eigenvalue weighted by Gasteiger charge is 2.53. The van der Waals surface area contributed by atoms with Gasteiger partial charge in [0.2, 0.25) is 0 Å². The first-order valence-electron chi connectivity index (χ1n) is 6.27. The fraction of sp³-hybridized carbons (Fsp3) is 0.750. The fourth-order valence-electron chi connectivity index (χ4n) is 1.90. The van der Waals surface area contributed by atoms with Crippen LogP contribution in [0, 0.1) is 0 Å². The van der Waals surface area contributed by atoms with Gasteiger partial charge < -0.3 is 18.9 Å². The minimum absolute atomic E-state index is 0.325. The van der Waals surface area contributed by atoms with E-state index in [0.29, 0.717) is 6.54 Å². The van der Waals surface area contributed by atoms with E-state index in [2.05, 4.69) is 0 Å². The van der Waals surface area contributed by atoms with Crippen molar-refractivity contribution in [3.63, 3.8) is 0 Å². The van der Waals surface area contributed by atoms with Crippen molar-refractivity contribution in [3.8, 4) is 0 Å². The lowest BCUT2D eigenvalue weighted by molar-refractivity contribution is 0.00578. The van der Waals surface area contributed by atoms with E-state index in [9.17, 15) is 9.18 Å². The van der Waals surface area contributed by atoms with E-state index in [1.54, 1.807) is 7.05 Å². The van der Waals surface area contributed by atoms with Gasteiger partial charge >= 0.3 is 13.2 Å². The van der Waals surface area contributed by atoms with Gasteiger partial charge in [-0.25, -0.2) is 9.18 Å². The van der Waals surface area contributed by atoms with E-state index < -0.39 is 36.2 Å². The average Bonchev–Trinajstić information content (AvgIpc) is 2.66. The van der Waals surface area contributed by atoms with Gasteiger partial charge in [-0.15, -0.1) is 0 Å².